The van der Waals surface area contributed by atoms with Crippen molar-refractivity contribution in [2.75, 3.05) is 43.1 Å². The number of aromatic carboxylic acids is 1. The van der Waals surface area contributed by atoms with Gasteiger partial charge in [0, 0.05) is 19.2 Å². The molecule has 1 aromatic rings. The van der Waals surface area contributed by atoms with E-state index < -0.39 is 11.9 Å². The maximum atomic E-state index is 11.1. The molecular formula is C11H15N5O4. The highest BCUT2D eigenvalue weighted by molar-refractivity contribution is 5.87. The molecule has 9 heteroatoms. The first-order valence-electron chi connectivity index (χ1n) is 6.03. The molecule has 20 heavy (non-hydrogen) atoms. The highest BCUT2D eigenvalue weighted by Crippen LogP contribution is 2.15. The van der Waals surface area contributed by atoms with Gasteiger partial charge < -0.3 is 25.8 Å². The highest BCUT2D eigenvalue weighted by Gasteiger charge is 2.17. The van der Waals surface area contributed by atoms with Crippen LogP contribution in [-0.2, 0) is 9.53 Å². The summed E-state index contributed by atoms with van der Waals surface area (Å²) in [6.07, 6.45) is 0. The van der Waals surface area contributed by atoms with Gasteiger partial charge in [0.25, 0.3) is 0 Å². The number of nitrogens with two attached hydrogens (primary N) is 1. The number of amides is 1. The van der Waals surface area contributed by atoms with E-state index in [1.165, 1.54) is 6.07 Å². The first-order chi connectivity index (χ1) is 9.56. The van der Waals surface area contributed by atoms with Crippen molar-refractivity contribution >= 4 is 23.6 Å². The lowest BCUT2D eigenvalue weighted by Crippen LogP contribution is -2.37. The van der Waals surface area contributed by atoms with Crippen LogP contribution in [0.3, 0.4) is 0 Å². The van der Waals surface area contributed by atoms with Gasteiger partial charge in [0.15, 0.2) is 5.69 Å². The monoisotopic (exact) mass is 281 g/mol. The zero-order valence-corrected chi connectivity index (χ0v) is 10.7. The van der Waals surface area contributed by atoms with Crippen LogP contribution < -0.4 is 16.0 Å². The molecule has 0 unspecified atom stereocenters. The van der Waals surface area contributed by atoms with Crippen molar-refractivity contribution in [1.82, 2.24) is 9.97 Å². The zero-order valence-electron chi connectivity index (χ0n) is 10.7. The third kappa shape index (κ3) is 3.54. The Balaban J connectivity index is 2.25. The normalized spacial score (nSPS) is 14.9. The number of morpholine rings is 1. The van der Waals surface area contributed by atoms with Crippen LogP contribution in [0.25, 0.3) is 0 Å². The second kappa shape index (κ2) is 6.15. The molecule has 2 rings (SSSR count). The Morgan fingerprint density at radius 1 is 1.40 bits per heavy atom. The predicted octanol–water partition coefficient (Wildman–Crippen LogP) is -1.09. The number of primary amides is 1. The van der Waals surface area contributed by atoms with Gasteiger partial charge in [0.05, 0.1) is 19.8 Å². The third-order valence-corrected chi connectivity index (χ3v) is 2.67. The number of carbonyl (C=O) groups excluding carboxylic acids is 1. The summed E-state index contributed by atoms with van der Waals surface area (Å²) < 4.78 is 5.22. The molecule has 0 radical (unpaired) electrons. The lowest BCUT2D eigenvalue weighted by atomic mass is 10.3. The Morgan fingerprint density at radius 3 is 2.70 bits per heavy atom. The Morgan fingerprint density at radius 2 is 2.10 bits per heavy atom. The van der Waals surface area contributed by atoms with Crippen LogP contribution >= 0.6 is 0 Å². The summed E-state index contributed by atoms with van der Waals surface area (Å²) in [5.41, 5.74) is 4.89. The van der Waals surface area contributed by atoms with Gasteiger partial charge in [-0.05, 0) is 0 Å². The van der Waals surface area contributed by atoms with E-state index >= 15 is 0 Å². The van der Waals surface area contributed by atoms with Crippen LogP contribution in [0.5, 0.6) is 0 Å². The molecule has 0 spiro atoms. The van der Waals surface area contributed by atoms with Crippen molar-refractivity contribution in [3.8, 4) is 0 Å². The van der Waals surface area contributed by atoms with Crippen LogP contribution in [-0.4, -0.2) is 59.8 Å². The molecule has 2 heterocycles. The minimum Gasteiger partial charge on any atom is -0.477 e. The standard InChI is InChI=1S/C11H15N5O4/c12-8(17)6-13-9-5-7(10(18)19)14-11(15-9)16-1-3-20-4-2-16/h5H,1-4,6H2,(H2,12,17)(H,18,19)(H,13,14,15). The second-order valence-electron chi connectivity index (χ2n) is 4.16. The van der Waals surface area contributed by atoms with Crippen molar-refractivity contribution in [3.63, 3.8) is 0 Å². The summed E-state index contributed by atoms with van der Waals surface area (Å²) in [5.74, 6) is -1.18. The first-order valence-corrected chi connectivity index (χ1v) is 6.03. The molecule has 1 aliphatic heterocycles. The number of rotatable bonds is 5. The van der Waals surface area contributed by atoms with Crippen LogP contribution in [0.4, 0.5) is 11.8 Å². The minimum absolute atomic E-state index is 0.126. The molecule has 1 aliphatic rings. The molecule has 0 aromatic carbocycles. The molecule has 1 aromatic heterocycles. The molecule has 4 N–H and O–H groups in total. The SMILES string of the molecule is NC(=O)CNc1cc(C(=O)O)nc(N2CCOCC2)n1. The molecule has 0 aliphatic carbocycles. The number of carboxylic acids is 1. The van der Waals surface area contributed by atoms with Gasteiger partial charge in [0.2, 0.25) is 11.9 Å². The lowest BCUT2D eigenvalue weighted by Gasteiger charge is -2.27. The van der Waals surface area contributed by atoms with Gasteiger partial charge in [-0.15, -0.1) is 0 Å². The van der Waals surface area contributed by atoms with Gasteiger partial charge in [-0.2, -0.15) is 4.98 Å². The smallest absolute Gasteiger partial charge is 0.354 e. The third-order valence-electron chi connectivity index (χ3n) is 2.67. The van der Waals surface area contributed by atoms with E-state index in [0.717, 1.165) is 0 Å². The lowest BCUT2D eigenvalue weighted by molar-refractivity contribution is -0.116. The summed E-state index contributed by atoms with van der Waals surface area (Å²) in [6.45, 7) is 2.10. The van der Waals surface area contributed by atoms with E-state index in [2.05, 4.69) is 15.3 Å². The van der Waals surface area contributed by atoms with Crippen molar-refractivity contribution < 1.29 is 19.4 Å². The molecule has 0 atom stereocenters. The summed E-state index contributed by atoms with van der Waals surface area (Å²) in [6, 6.07) is 1.26. The highest BCUT2D eigenvalue weighted by atomic mass is 16.5. The van der Waals surface area contributed by atoms with Crippen LogP contribution in [0.15, 0.2) is 6.07 Å². The number of nitrogens with one attached hydrogen (secondary N) is 1. The number of aromatic nitrogens is 2. The van der Waals surface area contributed by atoms with E-state index in [9.17, 15) is 9.59 Å². The Labute approximate surface area is 114 Å². The molecular weight excluding hydrogens is 266 g/mol. The van der Waals surface area contributed by atoms with Crippen LogP contribution in [0.2, 0.25) is 0 Å². The summed E-state index contributed by atoms with van der Waals surface area (Å²) in [5, 5.41) is 11.7. The van der Waals surface area contributed by atoms with E-state index in [1.807, 2.05) is 4.90 Å². The maximum absolute atomic E-state index is 11.1. The first kappa shape index (κ1) is 14.0. The van der Waals surface area contributed by atoms with Crippen LogP contribution in [0.1, 0.15) is 10.5 Å². The number of nitrogens with zero attached hydrogens (tertiary/aromatic N) is 3. The minimum atomic E-state index is -1.16. The molecule has 1 amide bonds. The van der Waals surface area contributed by atoms with Crippen molar-refractivity contribution in [2.45, 2.75) is 0 Å². The van der Waals surface area contributed by atoms with E-state index in [4.69, 9.17) is 15.6 Å². The van der Waals surface area contributed by atoms with E-state index in [-0.39, 0.29) is 18.1 Å². The second-order valence-corrected chi connectivity index (χ2v) is 4.16. The quantitative estimate of drug-likeness (QED) is 0.620. The largest absolute Gasteiger partial charge is 0.477 e. The van der Waals surface area contributed by atoms with Crippen molar-refractivity contribution in [1.29, 1.82) is 0 Å². The number of ether oxygens (including phenoxy) is 1. The molecule has 1 fully saturated rings. The van der Waals surface area contributed by atoms with Crippen molar-refractivity contribution in [2.24, 2.45) is 5.73 Å². The number of carboxylic acid groups (broad SMARTS) is 1. The summed E-state index contributed by atoms with van der Waals surface area (Å²) >= 11 is 0. The van der Waals surface area contributed by atoms with E-state index in [1.54, 1.807) is 0 Å². The average Bonchev–Trinajstić information content (AvgIpc) is 2.45. The Bertz CT molecular complexity index is 516. The van der Waals surface area contributed by atoms with Gasteiger partial charge >= 0.3 is 5.97 Å². The average molecular weight is 281 g/mol. The zero-order chi connectivity index (χ0) is 14.5. The summed E-state index contributed by atoms with van der Waals surface area (Å²) in [7, 11) is 0. The van der Waals surface area contributed by atoms with Gasteiger partial charge in [-0.1, -0.05) is 0 Å². The number of anilines is 2. The number of hydrogen-bond donors (Lipinski definition) is 3. The molecule has 9 nitrogen and oxygen atoms in total. The fourth-order valence-corrected chi connectivity index (χ4v) is 1.72. The van der Waals surface area contributed by atoms with Gasteiger partial charge in [-0.25, -0.2) is 9.78 Å². The predicted molar refractivity (Wildman–Crippen MR) is 69.7 cm³/mol. The molecule has 0 bridgehead atoms. The number of carbonyl (C=O) groups is 2. The topological polar surface area (TPSA) is 131 Å². The Kier molecular flexibility index (Phi) is 4.31. The fraction of sp³-hybridized carbons (Fsp3) is 0.455. The maximum Gasteiger partial charge on any atom is 0.354 e. The molecule has 0 saturated carbocycles. The molecule has 108 valence electrons. The van der Waals surface area contributed by atoms with E-state index in [0.29, 0.717) is 32.3 Å². The van der Waals surface area contributed by atoms with Crippen LogP contribution in [0, 0.1) is 0 Å². The summed E-state index contributed by atoms with van der Waals surface area (Å²) in [4.78, 5) is 31.8. The van der Waals surface area contributed by atoms with Crippen molar-refractivity contribution in [3.05, 3.63) is 11.8 Å². The van der Waals surface area contributed by atoms with Gasteiger partial charge in [-0.3, -0.25) is 4.79 Å². The molecule has 1 saturated heterocycles. The fourth-order valence-electron chi connectivity index (χ4n) is 1.72. The Hall–Kier alpha value is -2.42. The van der Waals surface area contributed by atoms with Gasteiger partial charge in [0.1, 0.15) is 5.82 Å². The number of hydrogen-bond acceptors (Lipinski definition) is 7.